The van der Waals surface area contributed by atoms with Gasteiger partial charge >= 0.3 is 0 Å². The van der Waals surface area contributed by atoms with Crippen LogP contribution in [-0.2, 0) is 0 Å². The van der Waals surface area contributed by atoms with Crippen LogP contribution in [0.25, 0.3) is 0 Å². The molecule has 2 nitrogen and oxygen atoms in total. The Kier molecular flexibility index (Phi) is 3.89. The van der Waals surface area contributed by atoms with Gasteiger partial charge in [0.2, 0.25) is 0 Å². The Morgan fingerprint density at radius 2 is 1.93 bits per heavy atom. The van der Waals surface area contributed by atoms with Crippen LogP contribution in [0.3, 0.4) is 0 Å². The summed E-state index contributed by atoms with van der Waals surface area (Å²) in [6.45, 7) is 3.23. The van der Waals surface area contributed by atoms with Gasteiger partial charge in [0.15, 0.2) is 0 Å². The summed E-state index contributed by atoms with van der Waals surface area (Å²) in [5.74, 6) is 0. The zero-order chi connectivity index (χ0) is 10.6. The topological polar surface area (TPSA) is 29.3 Å². The summed E-state index contributed by atoms with van der Waals surface area (Å²) in [4.78, 5) is 2.67. The van der Waals surface area contributed by atoms with Gasteiger partial charge in [-0.05, 0) is 30.7 Å². The van der Waals surface area contributed by atoms with Crippen molar-refractivity contribution in [1.29, 1.82) is 0 Å². The molecule has 0 aromatic heterocycles. The fourth-order valence-electron chi connectivity index (χ4n) is 1.34. The molecule has 0 aliphatic rings. The average Bonchev–Trinajstić information content (AvgIpc) is 2.18. The van der Waals surface area contributed by atoms with Crippen molar-refractivity contribution in [3.05, 3.63) is 29.8 Å². The summed E-state index contributed by atoms with van der Waals surface area (Å²) in [6, 6.07) is 8.02. The third-order valence-electron chi connectivity index (χ3n) is 2.15. The molecule has 2 N–H and O–H groups in total. The quantitative estimate of drug-likeness (QED) is 0.769. The lowest BCUT2D eigenvalue weighted by molar-refractivity contribution is 0.852. The predicted octanol–water partition coefficient (Wildman–Crippen LogP) is 2.17. The molecule has 0 aliphatic heterocycles. The van der Waals surface area contributed by atoms with E-state index in [1.807, 2.05) is 24.3 Å². The lowest BCUT2D eigenvalue weighted by atomic mass is 10.2. The molecule has 0 fully saturated rings. The van der Waals surface area contributed by atoms with E-state index in [9.17, 15) is 0 Å². The van der Waals surface area contributed by atoms with Crippen LogP contribution in [0.15, 0.2) is 24.3 Å². The normalized spacial score (nSPS) is 9.86. The van der Waals surface area contributed by atoms with Crippen molar-refractivity contribution in [1.82, 2.24) is 0 Å². The van der Waals surface area contributed by atoms with Gasteiger partial charge in [0.25, 0.3) is 0 Å². The Hall–Kier alpha value is -1.09. The second kappa shape index (κ2) is 4.96. The molecule has 14 heavy (non-hydrogen) atoms. The second-order valence-corrected chi connectivity index (χ2v) is 3.77. The summed E-state index contributed by atoms with van der Waals surface area (Å²) in [5.41, 5.74) is 7.64. The molecular formula is C11H16N2S. The summed E-state index contributed by atoms with van der Waals surface area (Å²) >= 11 is 4.89. The van der Waals surface area contributed by atoms with Crippen molar-refractivity contribution in [2.75, 3.05) is 18.5 Å². The number of rotatable bonds is 4. The van der Waals surface area contributed by atoms with E-state index in [0.717, 1.165) is 18.5 Å². The van der Waals surface area contributed by atoms with Gasteiger partial charge in [0.05, 0.1) is 0 Å². The Labute approximate surface area is 90.7 Å². The molecule has 0 spiro atoms. The van der Waals surface area contributed by atoms with Crippen LogP contribution in [-0.4, -0.2) is 18.6 Å². The molecular weight excluding hydrogens is 192 g/mol. The largest absolute Gasteiger partial charge is 0.389 e. The van der Waals surface area contributed by atoms with Gasteiger partial charge in [0, 0.05) is 24.8 Å². The van der Waals surface area contributed by atoms with Gasteiger partial charge in [-0.1, -0.05) is 19.1 Å². The Bertz CT molecular complexity index is 306. The maximum atomic E-state index is 5.52. The molecule has 0 bridgehead atoms. The van der Waals surface area contributed by atoms with Gasteiger partial charge in [-0.2, -0.15) is 0 Å². The first kappa shape index (κ1) is 11.0. The van der Waals surface area contributed by atoms with Gasteiger partial charge in [-0.3, -0.25) is 0 Å². The highest BCUT2D eigenvalue weighted by molar-refractivity contribution is 7.80. The first-order chi connectivity index (χ1) is 6.65. The number of hydrogen-bond donors (Lipinski definition) is 1. The molecule has 1 aromatic carbocycles. The minimum Gasteiger partial charge on any atom is -0.389 e. The smallest absolute Gasteiger partial charge is 0.103 e. The minimum absolute atomic E-state index is 0.453. The summed E-state index contributed by atoms with van der Waals surface area (Å²) in [5, 5.41) is 0. The van der Waals surface area contributed by atoms with Crippen LogP contribution in [0.1, 0.15) is 18.9 Å². The molecule has 0 saturated carbocycles. The van der Waals surface area contributed by atoms with Gasteiger partial charge < -0.3 is 10.6 Å². The van der Waals surface area contributed by atoms with E-state index in [1.165, 1.54) is 5.69 Å². The number of thiocarbonyl (C=S) groups is 1. The van der Waals surface area contributed by atoms with E-state index in [0.29, 0.717) is 4.99 Å². The van der Waals surface area contributed by atoms with E-state index in [1.54, 1.807) is 0 Å². The number of anilines is 1. The van der Waals surface area contributed by atoms with Gasteiger partial charge in [-0.15, -0.1) is 0 Å². The Morgan fingerprint density at radius 1 is 1.36 bits per heavy atom. The van der Waals surface area contributed by atoms with Gasteiger partial charge in [0.1, 0.15) is 4.99 Å². The molecule has 1 rings (SSSR count). The van der Waals surface area contributed by atoms with Crippen LogP contribution in [0.4, 0.5) is 5.69 Å². The lowest BCUT2D eigenvalue weighted by Crippen LogP contribution is -2.18. The van der Waals surface area contributed by atoms with Crippen molar-refractivity contribution in [2.45, 2.75) is 13.3 Å². The number of hydrogen-bond acceptors (Lipinski definition) is 2. The molecule has 1 aromatic rings. The van der Waals surface area contributed by atoms with Crippen LogP contribution >= 0.6 is 12.2 Å². The first-order valence-electron chi connectivity index (χ1n) is 4.76. The zero-order valence-electron chi connectivity index (χ0n) is 8.66. The highest BCUT2D eigenvalue weighted by Gasteiger charge is 2.00. The molecule has 0 radical (unpaired) electrons. The van der Waals surface area contributed by atoms with Gasteiger partial charge in [-0.25, -0.2) is 0 Å². The fourth-order valence-corrected chi connectivity index (χ4v) is 1.48. The van der Waals surface area contributed by atoms with Crippen LogP contribution in [0.5, 0.6) is 0 Å². The van der Waals surface area contributed by atoms with Crippen molar-refractivity contribution in [3.63, 3.8) is 0 Å². The van der Waals surface area contributed by atoms with Crippen molar-refractivity contribution >= 4 is 22.9 Å². The molecule has 0 unspecified atom stereocenters. The van der Waals surface area contributed by atoms with E-state index in [2.05, 4.69) is 18.9 Å². The molecule has 0 amide bonds. The molecule has 0 atom stereocenters. The monoisotopic (exact) mass is 208 g/mol. The van der Waals surface area contributed by atoms with Crippen molar-refractivity contribution < 1.29 is 0 Å². The SMILES string of the molecule is CCCN(C)c1ccc(C(N)=S)cc1. The highest BCUT2D eigenvalue weighted by atomic mass is 32.1. The minimum atomic E-state index is 0.453. The maximum absolute atomic E-state index is 5.52. The second-order valence-electron chi connectivity index (χ2n) is 3.33. The average molecular weight is 208 g/mol. The molecule has 3 heteroatoms. The zero-order valence-corrected chi connectivity index (χ0v) is 9.47. The predicted molar refractivity (Wildman–Crippen MR) is 65.9 cm³/mol. The van der Waals surface area contributed by atoms with Crippen molar-refractivity contribution in [3.8, 4) is 0 Å². The summed E-state index contributed by atoms with van der Waals surface area (Å²) in [6.07, 6.45) is 1.15. The molecule has 0 aliphatic carbocycles. The number of benzene rings is 1. The Morgan fingerprint density at radius 3 is 2.36 bits per heavy atom. The summed E-state index contributed by atoms with van der Waals surface area (Å²) < 4.78 is 0. The molecule has 0 saturated heterocycles. The number of nitrogens with zero attached hydrogens (tertiary/aromatic N) is 1. The lowest BCUT2D eigenvalue weighted by Gasteiger charge is -2.18. The van der Waals surface area contributed by atoms with Crippen LogP contribution in [0.2, 0.25) is 0 Å². The standard InChI is InChI=1S/C11H16N2S/c1-3-8-13(2)10-6-4-9(5-7-10)11(12)14/h4-7H,3,8H2,1-2H3,(H2,12,14). The van der Waals surface area contributed by atoms with Crippen molar-refractivity contribution in [2.24, 2.45) is 5.73 Å². The Balaban J connectivity index is 2.77. The van der Waals surface area contributed by atoms with E-state index >= 15 is 0 Å². The van der Waals surface area contributed by atoms with E-state index in [-0.39, 0.29) is 0 Å². The van der Waals surface area contributed by atoms with E-state index in [4.69, 9.17) is 18.0 Å². The van der Waals surface area contributed by atoms with Crippen LogP contribution in [0, 0.1) is 0 Å². The molecule has 0 heterocycles. The fraction of sp³-hybridized carbons (Fsp3) is 0.364. The highest BCUT2D eigenvalue weighted by Crippen LogP contribution is 2.13. The van der Waals surface area contributed by atoms with Crippen LogP contribution < -0.4 is 10.6 Å². The third kappa shape index (κ3) is 2.70. The first-order valence-corrected chi connectivity index (χ1v) is 5.17. The number of nitrogens with two attached hydrogens (primary N) is 1. The maximum Gasteiger partial charge on any atom is 0.103 e. The van der Waals surface area contributed by atoms with E-state index < -0.39 is 0 Å². The third-order valence-corrected chi connectivity index (χ3v) is 2.39. The molecule has 76 valence electrons. The summed E-state index contributed by atoms with van der Waals surface area (Å²) in [7, 11) is 2.08.